The van der Waals surface area contributed by atoms with Gasteiger partial charge in [0, 0.05) is 19.4 Å². The van der Waals surface area contributed by atoms with Gasteiger partial charge in [-0.15, -0.1) is 0 Å². The Bertz CT molecular complexity index is 1280. The standard InChI is InChI=1S/C32H53N7O12/c1-6-17(4)26(37-32(51)27(18(5)41)38-30(49)22-8-7-13-39(22)23(42)14-33)31(50)35-20(10-12-25(45)46)28(47)34-19(9-11-24(43)44)29(48)36-21(15-40)16(2)3/h15-22,26-27,41H,6-14,33H2,1-5H3,(H,34,47)(H,35,50)(H,36,48)(H,37,51)(H,38,49)(H,43,44)(H,45,46)/t17-,18+,19-,20-,21+,22-,26-,27-/m0/s1. The van der Waals surface area contributed by atoms with E-state index >= 15 is 0 Å². The van der Waals surface area contributed by atoms with Crippen molar-refractivity contribution in [1.29, 1.82) is 0 Å². The average molecular weight is 728 g/mol. The molecule has 0 bridgehead atoms. The van der Waals surface area contributed by atoms with Crippen LogP contribution in [0.1, 0.15) is 79.6 Å². The molecule has 19 heteroatoms. The SMILES string of the molecule is CC[C@H](C)[C@H](NC(=O)[C@@H](NC(=O)[C@@H]1CCCN1C(=O)CN)[C@@H](C)O)C(=O)N[C@@H](CCC(=O)O)C(=O)N[C@@H](CCC(=O)O)C(=O)N[C@H](C=O)C(C)C. The number of carbonyl (C=O) groups excluding carboxylic acids is 7. The van der Waals surface area contributed by atoms with Gasteiger partial charge in [-0.3, -0.25) is 38.4 Å². The number of carboxylic acids is 2. The van der Waals surface area contributed by atoms with Gasteiger partial charge < -0.3 is 57.3 Å². The minimum Gasteiger partial charge on any atom is -0.481 e. The first-order valence-corrected chi connectivity index (χ1v) is 17.0. The van der Waals surface area contributed by atoms with Crippen molar-refractivity contribution in [3.63, 3.8) is 0 Å². The van der Waals surface area contributed by atoms with E-state index in [0.29, 0.717) is 25.5 Å². The highest BCUT2D eigenvalue weighted by atomic mass is 16.4. The Morgan fingerprint density at radius 1 is 0.784 bits per heavy atom. The summed E-state index contributed by atoms with van der Waals surface area (Å²) in [5.74, 6) is -8.49. The number of rotatable bonds is 22. The van der Waals surface area contributed by atoms with Crippen LogP contribution in [0.2, 0.25) is 0 Å². The lowest BCUT2D eigenvalue weighted by molar-refractivity contribution is -0.140. The number of likely N-dealkylation sites (tertiary alicyclic amines) is 1. The second-order valence-electron chi connectivity index (χ2n) is 12.9. The number of aldehydes is 1. The molecule has 1 rings (SSSR count). The number of amides is 6. The molecule has 1 heterocycles. The molecule has 0 radical (unpaired) electrons. The molecule has 0 unspecified atom stereocenters. The van der Waals surface area contributed by atoms with Crippen LogP contribution in [0.15, 0.2) is 0 Å². The lowest BCUT2D eigenvalue weighted by Crippen LogP contribution is -2.62. The van der Waals surface area contributed by atoms with Gasteiger partial charge in [0.15, 0.2) is 0 Å². The Balaban J connectivity index is 3.27. The van der Waals surface area contributed by atoms with Gasteiger partial charge in [-0.2, -0.15) is 0 Å². The van der Waals surface area contributed by atoms with E-state index < -0.39 is 121 Å². The van der Waals surface area contributed by atoms with Gasteiger partial charge in [0.2, 0.25) is 35.4 Å². The van der Waals surface area contributed by atoms with Crippen molar-refractivity contribution < 1.29 is 58.5 Å². The highest BCUT2D eigenvalue weighted by Crippen LogP contribution is 2.18. The third kappa shape index (κ3) is 14.2. The summed E-state index contributed by atoms with van der Waals surface area (Å²) in [5.41, 5.74) is 5.45. The molecule has 0 aromatic rings. The zero-order valence-electron chi connectivity index (χ0n) is 29.7. The first-order chi connectivity index (χ1) is 23.9. The van der Waals surface area contributed by atoms with Crippen LogP contribution < -0.4 is 32.3 Å². The minimum atomic E-state index is -1.58. The first kappa shape index (κ1) is 44.4. The lowest BCUT2D eigenvalue weighted by Gasteiger charge is -2.30. The highest BCUT2D eigenvalue weighted by molar-refractivity contribution is 5.97. The van der Waals surface area contributed by atoms with Crippen LogP contribution in [0.3, 0.4) is 0 Å². The number of aliphatic hydroxyl groups is 1. The molecule has 19 nitrogen and oxygen atoms in total. The number of carbonyl (C=O) groups is 9. The fourth-order valence-electron chi connectivity index (χ4n) is 5.28. The van der Waals surface area contributed by atoms with Crippen molar-refractivity contribution in [3.05, 3.63) is 0 Å². The molecule has 0 aromatic heterocycles. The Morgan fingerprint density at radius 2 is 1.29 bits per heavy atom. The summed E-state index contributed by atoms with van der Waals surface area (Å²) in [7, 11) is 0. The molecule has 1 aliphatic heterocycles. The summed E-state index contributed by atoms with van der Waals surface area (Å²) in [5, 5.41) is 41.0. The lowest BCUT2D eigenvalue weighted by atomic mass is 9.96. The monoisotopic (exact) mass is 727 g/mol. The number of nitrogens with two attached hydrogens (primary N) is 1. The van der Waals surface area contributed by atoms with Crippen LogP contribution in [0.25, 0.3) is 0 Å². The Labute approximate surface area is 296 Å². The average Bonchev–Trinajstić information content (AvgIpc) is 3.57. The van der Waals surface area contributed by atoms with Gasteiger partial charge in [0.05, 0.1) is 18.7 Å². The number of aliphatic carboxylic acids is 2. The van der Waals surface area contributed by atoms with Gasteiger partial charge in [-0.25, -0.2) is 0 Å². The van der Waals surface area contributed by atoms with Gasteiger partial charge in [-0.1, -0.05) is 34.1 Å². The van der Waals surface area contributed by atoms with E-state index in [1.165, 1.54) is 11.8 Å². The summed E-state index contributed by atoms with van der Waals surface area (Å²) >= 11 is 0. The number of hydrogen-bond acceptors (Lipinski definition) is 11. The molecule has 6 amide bonds. The van der Waals surface area contributed by atoms with Crippen molar-refractivity contribution in [1.82, 2.24) is 31.5 Å². The number of aliphatic hydroxyl groups excluding tert-OH is 1. The van der Waals surface area contributed by atoms with Gasteiger partial charge >= 0.3 is 11.9 Å². The smallest absolute Gasteiger partial charge is 0.303 e. The molecule has 0 aromatic carbocycles. The van der Waals surface area contributed by atoms with Crippen LogP contribution in [0.5, 0.6) is 0 Å². The van der Waals surface area contributed by atoms with E-state index in [4.69, 9.17) is 5.73 Å². The van der Waals surface area contributed by atoms with Crippen molar-refractivity contribution in [3.8, 4) is 0 Å². The third-order valence-corrected chi connectivity index (χ3v) is 8.64. The summed E-state index contributed by atoms with van der Waals surface area (Å²) in [6.07, 6.45) is -1.84. The van der Waals surface area contributed by atoms with Crippen molar-refractivity contribution in [2.45, 2.75) is 122 Å². The van der Waals surface area contributed by atoms with Crippen molar-refractivity contribution >= 4 is 53.7 Å². The van der Waals surface area contributed by atoms with Crippen LogP contribution in [-0.4, -0.2) is 129 Å². The quantitative estimate of drug-likeness (QED) is 0.0517. The molecule has 51 heavy (non-hydrogen) atoms. The molecular weight excluding hydrogens is 674 g/mol. The Morgan fingerprint density at radius 3 is 1.75 bits per heavy atom. The maximum absolute atomic E-state index is 13.7. The topological polar surface area (TPSA) is 304 Å². The number of nitrogens with zero attached hydrogens (tertiary/aromatic N) is 1. The fourth-order valence-corrected chi connectivity index (χ4v) is 5.28. The van der Waals surface area contributed by atoms with Gasteiger partial charge in [-0.05, 0) is 44.4 Å². The Kier molecular flexibility index (Phi) is 18.7. The molecule has 8 atom stereocenters. The summed E-state index contributed by atoms with van der Waals surface area (Å²) in [6, 6.07) is -7.86. The van der Waals surface area contributed by atoms with Crippen molar-refractivity contribution in [2.75, 3.05) is 13.1 Å². The van der Waals surface area contributed by atoms with Crippen molar-refractivity contribution in [2.24, 2.45) is 17.6 Å². The first-order valence-electron chi connectivity index (χ1n) is 17.0. The predicted molar refractivity (Wildman–Crippen MR) is 179 cm³/mol. The summed E-state index contributed by atoms with van der Waals surface area (Å²) < 4.78 is 0. The number of hydrogen-bond donors (Lipinski definition) is 9. The normalized spacial score (nSPS) is 18.2. The van der Waals surface area contributed by atoms with E-state index in [2.05, 4.69) is 26.6 Å². The van der Waals surface area contributed by atoms with Gasteiger partial charge in [0.25, 0.3) is 0 Å². The molecule has 1 saturated heterocycles. The molecular formula is C32H53N7O12. The maximum Gasteiger partial charge on any atom is 0.303 e. The van der Waals surface area contributed by atoms with Gasteiger partial charge in [0.1, 0.15) is 36.5 Å². The number of nitrogens with one attached hydrogen (secondary N) is 5. The van der Waals surface area contributed by atoms with Crippen LogP contribution >= 0.6 is 0 Å². The van der Waals surface area contributed by atoms with Crippen LogP contribution in [-0.2, 0) is 43.2 Å². The largest absolute Gasteiger partial charge is 0.481 e. The minimum absolute atomic E-state index is 0.286. The van der Waals surface area contributed by atoms with E-state index in [1.807, 2.05) is 0 Å². The fraction of sp³-hybridized carbons (Fsp3) is 0.719. The Hall–Kier alpha value is -4.65. The summed E-state index contributed by atoms with van der Waals surface area (Å²) in [6.45, 7) is 7.82. The predicted octanol–water partition coefficient (Wildman–Crippen LogP) is -2.63. The highest BCUT2D eigenvalue weighted by Gasteiger charge is 2.38. The van der Waals surface area contributed by atoms with E-state index in [-0.39, 0.29) is 19.0 Å². The summed E-state index contributed by atoms with van der Waals surface area (Å²) in [4.78, 5) is 114. The van der Waals surface area contributed by atoms with E-state index in [0.717, 1.165) is 0 Å². The second kappa shape index (κ2) is 21.5. The maximum atomic E-state index is 13.7. The third-order valence-electron chi connectivity index (χ3n) is 8.64. The van der Waals surface area contributed by atoms with Crippen LogP contribution in [0, 0.1) is 11.8 Å². The zero-order valence-corrected chi connectivity index (χ0v) is 29.7. The molecule has 0 spiro atoms. The molecule has 1 aliphatic rings. The van der Waals surface area contributed by atoms with Crippen LogP contribution in [0.4, 0.5) is 0 Å². The zero-order chi connectivity index (χ0) is 39.0. The second-order valence-corrected chi connectivity index (χ2v) is 12.9. The molecule has 10 N–H and O–H groups in total. The molecule has 0 aliphatic carbocycles. The molecule has 0 saturated carbocycles. The number of carboxylic acid groups (broad SMARTS) is 2. The van der Waals surface area contributed by atoms with E-state index in [9.17, 15) is 58.5 Å². The molecule has 1 fully saturated rings. The van der Waals surface area contributed by atoms with E-state index in [1.54, 1.807) is 27.7 Å². The molecule has 288 valence electrons.